The van der Waals surface area contributed by atoms with Crippen LogP contribution in [0.4, 0.5) is 10.1 Å². The summed E-state index contributed by atoms with van der Waals surface area (Å²) in [6, 6.07) is 15.7. The van der Waals surface area contributed by atoms with Crippen LogP contribution in [0.1, 0.15) is 11.1 Å². The number of carbonyl (C=O) groups is 1. The molecular weight excluding hydrogens is 305 g/mol. The van der Waals surface area contributed by atoms with Crippen LogP contribution in [-0.4, -0.2) is 37.0 Å². The molecule has 24 heavy (non-hydrogen) atoms. The maximum absolute atomic E-state index is 12.9. The predicted molar refractivity (Wildman–Crippen MR) is 90.1 cm³/mol. The molecule has 1 amide bonds. The largest absolute Gasteiger partial charge is 0.368 e. The van der Waals surface area contributed by atoms with Crippen molar-refractivity contribution >= 4 is 11.6 Å². The highest BCUT2D eigenvalue weighted by Gasteiger charge is 2.21. The van der Waals surface area contributed by atoms with Gasteiger partial charge in [0.05, 0.1) is 18.1 Å². The Kier molecular flexibility index (Phi) is 4.76. The van der Waals surface area contributed by atoms with Gasteiger partial charge in [0.2, 0.25) is 5.91 Å². The molecule has 2 aromatic carbocycles. The summed E-state index contributed by atoms with van der Waals surface area (Å²) in [5.74, 6) is -0.230. The Morgan fingerprint density at radius 3 is 2.46 bits per heavy atom. The van der Waals surface area contributed by atoms with Crippen LogP contribution in [-0.2, 0) is 11.2 Å². The third kappa shape index (κ3) is 3.72. The number of benzene rings is 2. The minimum Gasteiger partial charge on any atom is -0.368 e. The van der Waals surface area contributed by atoms with Crippen molar-refractivity contribution in [2.45, 2.75) is 6.42 Å². The molecule has 1 aliphatic heterocycles. The second-order valence-corrected chi connectivity index (χ2v) is 5.83. The molecule has 122 valence electrons. The first-order valence-corrected chi connectivity index (χ1v) is 7.93. The van der Waals surface area contributed by atoms with Crippen molar-refractivity contribution in [3.05, 3.63) is 65.5 Å². The highest BCUT2D eigenvalue weighted by atomic mass is 19.1. The first kappa shape index (κ1) is 16.0. The molecule has 3 rings (SSSR count). The van der Waals surface area contributed by atoms with Crippen molar-refractivity contribution in [2.24, 2.45) is 0 Å². The van der Waals surface area contributed by atoms with Gasteiger partial charge in [-0.3, -0.25) is 4.79 Å². The van der Waals surface area contributed by atoms with E-state index in [-0.39, 0.29) is 11.7 Å². The Morgan fingerprint density at radius 1 is 1.08 bits per heavy atom. The number of carbonyl (C=O) groups excluding carboxylic acids is 1. The van der Waals surface area contributed by atoms with Gasteiger partial charge in [-0.1, -0.05) is 18.2 Å². The van der Waals surface area contributed by atoms with Gasteiger partial charge >= 0.3 is 0 Å². The van der Waals surface area contributed by atoms with Crippen LogP contribution in [0.25, 0.3) is 0 Å². The van der Waals surface area contributed by atoms with Gasteiger partial charge in [0, 0.05) is 31.9 Å². The van der Waals surface area contributed by atoms with Crippen molar-refractivity contribution in [1.29, 1.82) is 5.26 Å². The van der Waals surface area contributed by atoms with E-state index >= 15 is 0 Å². The molecule has 1 heterocycles. The van der Waals surface area contributed by atoms with Crippen molar-refractivity contribution in [3.63, 3.8) is 0 Å². The number of halogens is 1. The van der Waals surface area contributed by atoms with Gasteiger partial charge < -0.3 is 9.80 Å². The van der Waals surface area contributed by atoms with Crippen molar-refractivity contribution in [2.75, 3.05) is 31.1 Å². The predicted octanol–water partition coefficient (Wildman–Crippen LogP) is 2.59. The van der Waals surface area contributed by atoms with Crippen molar-refractivity contribution in [3.8, 4) is 6.07 Å². The number of nitriles is 1. The summed E-state index contributed by atoms with van der Waals surface area (Å²) in [4.78, 5) is 16.4. The second kappa shape index (κ2) is 7.14. The van der Waals surface area contributed by atoms with E-state index < -0.39 is 0 Å². The van der Waals surface area contributed by atoms with E-state index in [1.807, 2.05) is 23.1 Å². The first-order valence-electron chi connectivity index (χ1n) is 7.93. The Morgan fingerprint density at radius 2 is 1.79 bits per heavy atom. The SMILES string of the molecule is N#Cc1cccc(N2CCN(C(=O)Cc3ccc(F)cc3)CC2)c1. The molecule has 4 nitrogen and oxygen atoms in total. The van der Waals surface area contributed by atoms with Crippen molar-refractivity contribution < 1.29 is 9.18 Å². The average molecular weight is 323 g/mol. The second-order valence-electron chi connectivity index (χ2n) is 5.83. The maximum Gasteiger partial charge on any atom is 0.227 e. The van der Waals surface area contributed by atoms with Gasteiger partial charge in [-0.15, -0.1) is 0 Å². The normalized spacial score (nSPS) is 14.3. The lowest BCUT2D eigenvalue weighted by Crippen LogP contribution is -2.49. The summed E-state index contributed by atoms with van der Waals surface area (Å²) in [6.45, 7) is 2.78. The van der Waals surface area contributed by atoms with E-state index in [0.717, 1.165) is 24.3 Å². The number of nitrogens with zero attached hydrogens (tertiary/aromatic N) is 3. The van der Waals surface area contributed by atoms with Gasteiger partial charge in [-0.05, 0) is 35.9 Å². The highest BCUT2D eigenvalue weighted by Crippen LogP contribution is 2.18. The average Bonchev–Trinajstić information content (AvgIpc) is 2.64. The number of amides is 1. The lowest BCUT2D eigenvalue weighted by atomic mass is 10.1. The number of anilines is 1. The molecule has 0 aromatic heterocycles. The minimum atomic E-state index is -0.292. The third-order valence-electron chi connectivity index (χ3n) is 4.24. The quantitative estimate of drug-likeness (QED) is 0.872. The Balaban J connectivity index is 1.57. The lowest BCUT2D eigenvalue weighted by Gasteiger charge is -2.36. The molecule has 0 unspecified atom stereocenters. The molecule has 0 radical (unpaired) electrons. The summed E-state index contributed by atoms with van der Waals surface area (Å²) >= 11 is 0. The molecule has 0 atom stereocenters. The van der Waals surface area contributed by atoms with Crippen LogP contribution >= 0.6 is 0 Å². The number of hydrogen-bond acceptors (Lipinski definition) is 3. The molecule has 1 fully saturated rings. The number of rotatable bonds is 3. The van der Waals surface area contributed by atoms with Crippen LogP contribution in [0.2, 0.25) is 0 Å². The van der Waals surface area contributed by atoms with Crippen LogP contribution in [0.3, 0.4) is 0 Å². The first-order chi connectivity index (χ1) is 11.7. The fourth-order valence-corrected chi connectivity index (χ4v) is 2.87. The van der Waals surface area contributed by atoms with Crippen LogP contribution in [0, 0.1) is 17.1 Å². The molecule has 0 bridgehead atoms. The van der Waals surface area contributed by atoms with Crippen LogP contribution in [0.15, 0.2) is 48.5 Å². The van der Waals surface area contributed by atoms with Gasteiger partial charge in [0.1, 0.15) is 5.82 Å². The monoisotopic (exact) mass is 323 g/mol. The Labute approximate surface area is 140 Å². The molecule has 0 saturated carbocycles. The van der Waals surface area contributed by atoms with Gasteiger partial charge in [-0.25, -0.2) is 4.39 Å². The highest BCUT2D eigenvalue weighted by molar-refractivity contribution is 5.79. The fraction of sp³-hybridized carbons (Fsp3) is 0.263. The zero-order valence-electron chi connectivity index (χ0n) is 13.3. The minimum absolute atomic E-state index is 0.0621. The van der Waals surface area contributed by atoms with Crippen LogP contribution < -0.4 is 4.90 Å². The molecule has 2 aromatic rings. The molecule has 0 N–H and O–H groups in total. The molecular formula is C19H18FN3O. The summed E-state index contributed by atoms with van der Waals surface area (Å²) in [6.07, 6.45) is 0.296. The van der Waals surface area contributed by atoms with Crippen LogP contribution in [0.5, 0.6) is 0 Å². The zero-order chi connectivity index (χ0) is 16.9. The van der Waals surface area contributed by atoms with Gasteiger partial charge in [-0.2, -0.15) is 5.26 Å². The van der Waals surface area contributed by atoms with E-state index in [1.165, 1.54) is 12.1 Å². The van der Waals surface area contributed by atoms with E-state index in [2.05, 4.69) is 11.0 Å². The van der Waals surface area contributed by atoms with E-state index in [9.17, 15) is 9.18 Å². The maximum atomic E-state index is 12.9. The molecule has 0 aliphatic carbocycles. The number of hydrogen-bond donors (Lipinski definition) is 0. The Bertz CT molecular complexity index is 759. The van der Waals surface area contributed by atoms with E-state index in [1.54, 1.807) is 18.2 Å². The fourth-order valence-electron chi connectivity index (χ4n) is 2.87. The van der Waals surface area contributed by atoms with Gasteiger partial charge in [0.15, 0.2) is 0 Å². The number of piperazine rings is 1. The molecule has 1 aliphatic rings. The Hall–Kier alpha value is -2.87. The summed E-state index contributed by atoms with van der Waals surface area (Å²) in [7, 11) is 0. The van der Waals surface area contributed by atoms with E-state index in [0.29, 0.717) is 25.1 Å². The summed E-state index contributed by atoms with van der Waals surface area (Å²) in [5.41, 5.74) is 2.48. The standard InChI is InChI=1S/C19H18FN3O/c20-17-6-4-15(5-7-17)13-19(24)23-10-8-22(9-11-23)18-3-1-2-16(12-18)14-21/h1-7,12H,8-11,13H2. The molecule has 0 spiro atoms. The summed E-state index contributed by atoms with van der Waals surface area (Å²) < 4.78 is 12.9. The third-order valence-corrected chi connectivity index (χ3v) is 4.24. The van der Waals surface area contributed by atoms with Crippen molar-refractivity contribution in [1.82, 2.24) is 4.90 Å². The topological polar surface area (TPSA) is 47.3 Å². The smallest absolute Gasteiger partial charge is 0.227 e. The zero-order valence-corrected chi connectivity index (χ0v) is 13.3. The summed E-state index contributed by atoms with van der Waals surface area (Å²) in [5, 5.41) is 8.99. The van der Waals surface area contributed by atoms with Gasteiger partial charge in [0.25, 0.3) is 0 Å². The molecule has 1 saturated heterocycles. The lowest BCUT2D eigenvalue weighted by molar-refractivity contribution is -0.130. The molecule has 5 heteroatoms. The van der Waals surface area contributed by atoms with E-state index in [4.69, 9.17) is 5.26 Å².